The van der Waals surface area contributed by atoms with Crippen LogP contribution in [0.2, 0.25) is 0 Å². The van der Waals surface area contributed by atoms with Gasteiger partial charge >= 0.3 is 0 Å². The molecule has 1 aromatic heterocycles. The third-order valence-electron chi connectivity index (χ3n) is 6.60. The van der Waals surface area contributed by atoms with Crippen molar-refractivity contribution in [1.82, 2.24) is 19.8 Å². The van der Waals surface area contributed by atoms with Gasteiger partial charge in [0.05, 0.1) is 23.9 Å². The zero-order valence-corrected chi connectivity index (χ0v) is 18.9. The number of carboxylic acid groups (broad SMARTS) is 1. The maximum absolute atomic E-state index is 13.0. The molecule has 0 unspecified atom stereocenters. The molecule has 1 saturated carbocycles. The zero-order valence-electron chi connectivity index (χ0n) is 18.9. The number of hydrogen-bond acceptors (Lipinski definition) is 6. The SMILES string of the molecule is COCCC(=O)N(C)[C@H]1C[C@H]2CCN(C(=O)c3nc4ccccc4c(=O)[nH]3)C[C@H]2C1.O=CO. The molecule has 1 aliphatic heterocycles. The van der Waals surface area contributed by atoms with E-state index in [2.05, 4.69) is 9.97 Å². The molecule has 1 saturated heterocycles. The summed E-state index contributed by atoms with van der Waals surface area (Å²) in [6.07, 6.45) is 3.17. The molecule has 2 fully saturated rings. The van der Waals surface area contributed by atoms with Gasteiger partial charge in [-0.15, -0.1) is 0 Å². The van der Waals surface area contributed by atoms with Crippen molar-refractivity contribution in [2.75, 3.05) is 33.9 Å². The van der Waals surface area contributed by atoms with Crippen LogP contribution >= 0.6 is 0 Å². The molecule has 2 aliphatic rings. The van der Waals surface area contributed by atoms with Gasteiger partial charge in [-0.2, -0.15) is 0 Å². The quantitative estimate of drug-likeness (QED) is 0.646. The van der Waals surface area contributed by atoms with Crippen LogP contribution in [0.25, 0.3) is 10.9 Å². The first-order valence-corrected chi connectivity index (χ1v) is 11.0. The predicted octanol–water partition coefficient (Wildman–Crippen LogP) is 1.36. The van der Waals surface area contributed by atoms with Gasteiger partial charge in [0.15, 0.2) is 5.82 Å². The number of nitrogens with zero attached hydrogens (tertiary/aromatic N) is 3. The molecule has 10 nitrogen and oxygen atoms in total. The molecule has 3 atom stereocenters. The van der Waals surface area contributed by atoms with E-state index in [9.17, 15) is 14.4 Å². The van der Waals surface area contributed by atoms with Crippen LogP contribution in [-0.4, -0.2) is 83.1 Å². The Morgan fingerprint density at radius 1 is 1.30 bits per heavy atom. The minimum Gasteiger partial charge on any atom is -0.483 e. The number of amides is 2. The highest BCUT2D eigenvalue weighted by molar-refractivity contribution is 5.92. The second kappa shape index (κ2) is 11.0. The lowest BCUT2D eigenvalue weighted by atomic mass is 9.88. The van der Waals surface area contributed by atoms with E-state index in [0.29, 0.717) is 48.9 Å². The third-order valence-corrected chi connectivity index (χ3v) is 6.60. The fourth-order valence-corrected chi connectivity index (χ4v) is 4.86. The van der Waals surface area contributed by atoms with Crippen molar-refractivity contribution in [1.29, 1.82) is 0 Å². The van der Waals surface area contributed by atoms with Crippen molar-refractivity contribution < 1.29 is 24.2 Å². The molecule has 4 rings (SSSR count). The van der Waals surface area contributed by atoms with E-state index in [0.717, 1.165) is 19.3 Å². The first-order chi connectivity index (χ1) is 15.9. The molecule has 1 aromatic carbocycles. The standard InChI is InChI=1S/C22H28N4O4.CH2O2/c1-25(19(27)8-10-30-2)16-11-14-7-9-26(13-15(14)12-16)22(29)20-23-18-6-4-3-5-17(18)21(28)24-20;2-1-3/h3-6,14-16H,7-13H2,1-2H3,(H,23,24,28);1H,(H,2,3)/t14-,15-,16+;/m1./s1. The third kappa shape index (κ3) is 5.57. The summed E-state index contributed by atoms with van der Waals surface area (Å²) in [6.45, 7) is 1.46. The Morgan fingerprint density at radius 3 is 2.73 bits per heavy atom. The van der Waals surface area contributed by atoms with E-state index in [4.69, 9.17) is 14.6 Å². The number of likely N-dealkylation sites (tertiary alicyclic amines) is 1. The second-order valence-electron chi connectivity index (χ2n) is 8.47. The molecule has 2 heterocycles. The fraction of sp³-hybridized carbons (Fsp3) is 0.522. The number of methoxy groups -OCH3 is 1. The molecule has 10 heteroatoms. The highest BCUT2D eigenvalue weighted by Crippen LogP contribution is 2.40. The van der Waals surface area contributed by atoms with Gasteiger partial charge < -0.3 is 24.6 Å². The molecule has 0 bridgehead atoms. The van der Waals surface area contributed by atoms with Gasteiger partial charge in [-0.3, -0.25) is 19.2 Å². The molecule has 1 aliphatic carbocycles. The van der Waals surface area contributed by atoms with Crippen LogP contribution in [0.5, 0.6) is 0 Å². The van der Waals surface area contributed by atoms with Gasteiger partial charge in [0.1, 0.15) is 0 Å². The Bertz CT molecular complexity index is 1050. The lowest BCUT2D eigenvalue weighted by Crippen LogP contribution is -2.43. The van der Waals surface area contributed by atoms with Crippen molar-refractivity contribution in [2.45, 2.75) is 31.7 Å². The van der Waals surface area contributed by atoms with Crippen LogP contribution in [0, 0.1) is 11.8 Å². The monoisotopic (exact) mass is 458 g/mol. The molecule has 0 spiro atoms. The van der Waals surface area contributed by atoms with Crippen LogP contribution in [0.4, 0.5) is 0 Å². The average Bonchev–Trinajstić information content (AvgIpc) is 3.25. The van der Waals surface area contributed by atoms with Crippen LogP contribution in [0.1, 0.15) is 36.3 Å². The molecule has 2 amide bonds. The van der Waals surface area contributed by atoms with Crippen molar-refractivity contribution in [3.8, 4) is 0 Å². The molecule has 2 N–H and O–H groups in total. The number of para-hydroxylation sites is 1. The number of carbonyl (C=O) groups is 3. The zero-order chi connectivity index (χ0) is 24.0. The van der Waals surface area contributed by atoms with E-state index in [-0.39, 0.29) is 35.7 Å². The van der Waals surface area contributed by atoms with E-state index < -0.39 is 0 Å². The highest BCUT2D eigenvalue weighted by Gasteiger charge is 2.41. The number of aromatic nitrogens is 2. The number of ether oxygens (including phenoxy) is 1. The summed E-state index contributed by atoms with van der Waals surface area (Å²) >= 11 is 0. The summed E-state index contributed by atoms with van der Waals surface area (Å²) in [5.74, 6) is 0.840. The molecule has 0 radical (unpaired) electrons. The number of benzene rings is 1. The number of fused-ring (bicyclic) bond motifs is 2. The number of nitrogens with one attached hydrogen (secondary N) is 1. The lowest BCUT2D eigenvalue weighted by Gasteiger charge is -2.34. The van der Waals surface area contributed by atoms with Crippen molar-refractivity contribution in [3.63, 3.8) is 0 Å². The summed E-state index contributed by atoms with van der Waals surface area (Å²) in [5.41, 5.74) is 0.229. The van der Waals surface area contributed by atoms with E-state index in [1.165, 1.54) is 0 Å². The molecular weight excluding hydrogens is 428 g/mol. The number of piperidine rings is 1. The van der Waals surface area contributed by atoms with Gasteiger partial charge in [-0.1, -0.05) is 12.1 Å². The molecule has 2 aromatic rings. The molecule has 33 heavy (non-hydrogen) atoms. The molecular formula is C23H30N4O6. The first-order valence-electron chi connectivity index (χ1n) is 11.0. The van der Waals surface area contributed by atoms with Gasteiger partial charge in [-0.25, -0.2) is 4.98 Å². The summed E-state index contributed by atoms with van der Waals surface area (Å²) in [4.78, 5) is 56.7. The Kier molecular flexibility index (Phi) is 8.16. The van der Waals surface area contributed by atoms with E-state index >= 15 is 0 Å². The number of aromatic amines is 1. The van der Waals surface area contributed by atoms with Crippen LogP contribution < -0.4 is 5.56 Å². The van der Waals surface area contributed by atoms with Crippen molar-refractivity contribution in [2.24, 2.45) is 11.8 Å². The number of hydrogen-bond donors (Lipinski definition) is 2. The van der Waals surface area contributed by atoms with E-state index in [1.807, 2.05) is 11.9 Å². The normalized spacial score (nSPS) is 21.6. The minimum absolute atomic E-state index is 0.0959. The van der Waals surface area contributed by atoms with Gasteiger partial charge in [0.2, 0.25) is 5.91 Å². The minimum atomic E-state index is -0.295. The predicted molar refractivity (Wildman–Crippen MR) is 121 cm³/mol. The Hall–Kier alpha value is -3.27. The lowest BCUT2D eigenvalue weighted by molar-refractivity contribution is -0.132. The average molecular weight is 459 g/mol. The highest BCUT2D eigenvalue weighted by atomic mass is 16.5. The Morgan fingerprint density at radius 2 is 2.00 bits per heavy atom. The van der Waals surface area contributed by atoms with Gasteiger partial charge in [-0.05, 0) is 43.2 Å². The fourth-order valence-electron chi connectivity index (χ4n) is 4.86. The maximum atomic E-state index is 13.0. The van der Waals surface area contributed by atoms with Crippen molar-refractivity contribution in [3.05, 3.63) is 40.4 Å². The second-order valence-corrected chi connectivity index (χ2v) is 8.47. The number of rotatable bonds is 5. The summed E-state index contributed by atoms with van der Waals surface area (Å²) < 4.78 is 5.01. The Balaban J connectivity index is 0.000000968. The van der Waals surface area contributed by atoms with Crippen LogP contribution in [-0.2, 0) is 14.3 Å². The van der Waals surface area contributed by atoms with Gasteiger partial charge in [0, 0.05) is 33.3 Å². The van der Waals surface area contributed by atoms with E-state index in [1.54, 1.807) is 36.3 Å². The number of H-pyrrole nitrogens is 1. The largest absolute Gasteiger partial charge is 0.483 e. The Labute approximate surface area is 191 Å². The smallest absolute Gasteiger partial charge is 0.290 e. The molecule has 178 valence electrons. The van der Waals surface area contributed by atoms with Crippen LogP contribution in [0.15, 0.2) is 29.1 Å². The summed E-state index contributed by atoms with van der Waals surface area (Å²) in [6, 6.07) is 7.23. The maximum Gasteiger partial charge on any atom is 0.290 e. The summed E-state index contributed by atoms with van der Waals surface area (Å²) in [5, 5.41) is 7.37. The topological polar surface area (TPSA) is 133 Å². The van der Waals surface area contributed by atoms with Crippen LogP contribution in [0.3, 0.4) is 0 Å². The first kappa shape index (κ1) is 24.4. The van der Waals surface area contributed by atoms with Gasteiger partial charge in [0.25, 0.3) is 17.9 Å². The number of carbonyl (C=O) groups excluding carboxylic acids is 2. The van der Waals surface area contributed by atoms with Crippen molar-refractivity contribution >= 4 is 29.2 Å². The summed E-state index contributed by atoms with van der Waals surface area (Å²) in [7, 11) is 3.47.